The van der Waals surface area contributed by atoms with Gasteiger partial charge in [-0.05, 0) is 49.3 Å². The Balaban J connectivity index is 1.53. The molecule has 1 aliphatic heterocycles. The Labute approximate surface area is 159 Å². The first kappa shape index (κ1) is 18.5. The lowest BCUT2D eigenvalue weighted by Gasteiger charge is -2.21. The van der Waals surface area contributed by atoms with E-state index in [-0.39, 0.29) is 6.03 Å². The third-order valence-corrected chi connectivity index (χ3v) is 5.55. The Morgan fingerprint density at radius 2 is 2.12 bits per heavy atom. The minimum Gasteiger partial charge on any atom is -0.381 e. The molecule has 7 heteroatoms. The van der Waals surface area contributed by atoms with Crippen molar-refractivity contribution in [3.05, 3.63) is 34.7 Å². The molecule has 1 aliphatic rings. The van der Waals surface area contributed by atoms with Gasteiger partial charge < -0.3 is 20.4 Å². The van der Waals surface area contributed by atoms with E-state index >= 15 is 0 Å². The second-order valence-electron chi connectivity index (χ2n) is 6.96. The lowest BCUT2D eigenvalue weighted by molar-refractivity contribution is 0.213. The van der Waals surface area contributed by atoms with E-state index in [0.717, 1.165) is 55.1 Å². The molecule has 0 saturated carbocycles. The van der Waals surface area contributed by atoms with Crippen LogP contribution in [0.1, 0.15) is 24.8 Å². The van der Waals surface area contributed by atoms with E-state index in [1.54, 1.807) is 11.3 Å². The van der Waals surface area contributed by atoms with Crippen molar-refractivity contribution in [3.8, 4) is 0 Å². The number of urea groups is 1. The highest BCUT2D eigenvalue weighted by Gasteiger charge is 2.21. The molecular formula is C19H27N5OS. The quantitative estimate of drug-likeness (QED) is 0.850. The second-order valence-corrected chi connectivity index (χ2v) is 7.70. The first-order valence-electron chi connectivity index (χ1n) is 9.01. The molecular weight excluding hydrogens is 346 g/mol. The predicted octanol–water partition coefficient (Wildman–Crippen LogP) is 4.02. The minimum absolute atomic E-state index is 0.00384. The van der Waals surface area contributed by atoms with Gasteiger partial charge in [-0.3, -0.25) is 0 Å². The van der Waals surface area contributed by atoms with Crippen molar-refractivity contribution >= 4 is 34.6 Å². The highest BCUT2D eigenvalue weighted by Crippen LogP contribution is 2.22. The van der Waals surface area contributed by atoms with Crippen molar-refractivity contribution in [2.24, 2.45) is 0 Å². The van der Waals surface area contributed by atoms with E-state index in [2.05, 4.69) is 21.7 Å². The fourth-order valence-electron chi connectivity index (χ4n) is 3.10. The van der Waals surface area contributed by atoms with Crippen LogP contribution in [0.15, 0.2) is 29.1 Å². The average molecular weight is 374 g/mol. The van der Waals surface area contributed by atoms with Crippen molar-refractivity contribution in [3.63, 3.8) is 0 Å². The summed E-state index contributed by atoms with van der Waals surface area (Å²) in [5.41, 5.74) is 3.07. The van der Waals surface area contributed by atoms with Gasteiger partial charge >= 0.3 is 6.03 Å². The average Bonchev–Trinajstić information content (AvgIpc) is 2.88. The monoisotopic (exact) mass is 373 g/mol. The first-order chi connectivity index (χ1) is 12.5. The van der Waals surface area contributed by atoms with Crippen molar-refractivity contribution in [1.29, 1.82) is 0 Å². The third kappa shape index (κ3) is 4.66. The number of amides is 2. The van der Waals surface area contributed by atoms with Gasteiger partial charge in [-0.2, -0.15) is 0 Å². The number of anilines is 3. The highest BCUT2D eigenvalue weighted by molar-refractivity contribution is 7.08. The van der Waals surface area contributed by atoms with Crippen LogP contribution in [0.2, 0.25) is 0 Å². The maximum Gasteiger partial charge on any atom is 0.321 e. The summed E-state index contributed by atoms with van der Waals surface area (Å²) in [7, 11) is 3.97. The minimum atomic E-state index is 0.00384. The molecule has 6 nitrogen and oxygen atoms in total. The second kappa shape index (κ2) is 8.40. The Morgan fingerprint density at radius 3 is 2.77 bits per heavy atom. The van der Waals surface area contributed by atoms with Gasteiger partial charge in [0, 0.05) is 38.6 Å². The number of hydrogen-bond donors (Lipinski definition) is 2. The lowest BCUT2D eigenvalue weighted by atomic mass is 10.1. The van der Waals surface area contributed by atoms with Gasteiger partial charge in [-0.25, -0.2) is 9.78 Å². The van der Waals surface area contributed by atoms with Crippen LogP contribution in [0.5, 0.6) is 0 Å². The molecule has 0 spiro atoms. The number of carbonyl (C=O) groups excluding carboxylic acids is 1. The van der Waals surface area contributed by atoms with Gasteiger partial charge in [0.15, 0.2) is 0 Å². The molecule has 2 aromatic heterocycles. The Hall–Kier alpha value is -2.28. The van der Waals surface area contributed by atoms with E-state index in [0.29, 0.717) is 6.04 Å². The molecule has 140 valence electrons. The van der Waals surface area contributed by atoms with Crippen LogP contribution in [0.4, 0.5) is 22.0 Å². The third-order valence-electron chi connectivity index (χ3n) is 4.69. The van der Waals surface area contributed by atoms with Gasteiger partial charge in [-0.1, -0.05) is 0 Å². The number of aryl methyl sites for hydroxylation is 1. The fraction of sp³-hybridized carbons (Fsp3) is 0.474. The molecule has 26 heavy (non-hydrogen) atoms. The Kier molecular flexibility index (Phi) is 5.98. The van der Waals surface area contributed by atoms with Crippen LogP contribution in [0.3, 0.4) is 0 Å². The number of pyridine rings is 1. The van der Waals surface area contributed by atoms with Gasteiger partial charge in [0.25, 0.3) is 0 Å². The molecule has 0 bridgehead atoms. The molecule has 1 fully saturated rings. The molecule has 2 amide bonds. The lowest BCUT2D eigenvalue weighted by Crippen LogP contribution is -2.36. The van der Waals surface area contributed by atoms with E-state index in [1.807, 2.05) is 53.8 Å². The molecule has 3 heterocycles. The largest absolute Gasteiger partial charge is 0.381 e. The van der Waals surface area contributed by atoms with Crippen LogP contribution in [0, 0.1) is 6.92 Å². The number of likely N-dealkylation sites (tertiary alicyclic amines) is 1. The summed E-state index contributed by atoms with van der Waals surface area (Å²) in [4.78, 5) is 20.9. The summed E-state index contributed by atoms with van der Waals surface area (Å²) in [6, 6.07) is 4.45. The molecule has 0 aliphatic carbocycles. The summed E-state index contributed by atoms with van der Waals surface area (Å²) in [5, 5.41) is 10.6. The predicted molar refractivity (Wildman–Crippen MR) is 109 cm³/mol. The Morgan fingerprint density at radius 1 is 1.27 bits per heavy atom. The maximum atomic E-state index is 12.5. The summed E-state index contributed by atoms with van der Waals surface area (Å²) in [5.74, 6) is 0.947. The highest BCUT2D eigenvalue weighted by atomic mass is 32.1. The number of hydrogen-bond acceptors (Lipinski definition) is 5. The SMILES string of the molecule is Cc1cscc1NC(=O)N1CCC[C@@H](Nc2ccc(N(C)C)nc2)CC1. The van der Waals surface area contributed by atoms with Crippen LogP contribution in [0.25, 0.3) is 0 Å². The number of nitrogens with one attached hydrogen (secondary N) is 2. The van der Waals surface area contributed by atoms with Crippen molar-refractivity contribution in [2.45, 2.75) is 32.2 Å². The number of carbonyl (C=O) groups is 1. The standard InChI is InChI=1S/C19H27N5OS/c1-14-12-26-13-17(14)22-19(25)24-9-4-5-15(8-10-24)21-16-6-7-18(20-11-16)23(2)3/h6-7,11-13,15,21H,4-5,8-10H2,1-3H3,(H,22,25)/t15-/m1/s1. The van der Waals surface area contributed by atoms with E-state index < -0.39 is 0 Å². The smallest absolute Gasteiger partial charge is 0.321 e. The van der Waals surface area contributed by atoms with Crippen LogP contribution >= 0.6 is 11.3 Å². The molecule has 2 aromatic rings. The summed E-state index contributed by atoms with van der Waals surface area (Å²) >= 11 is 1.61. The molecule has 3 rings (SSSR count). The molecule has 1 saturated heterocycles. The maximum absolute atomic E-state index is 12.5. The zero-order chi connectivity index (χ0) is 18.5. The zero-order valence-corrected chi connectivity index (χ0v) is 16.5. The van der Waals surface area contributed by atoms with Crippen LogP contribution in [-0.4, -0.2) is 49.1 Å². The first-order valence-corrected chi connectivity index (χ1v) is 9.96. The molecule has 1 atom stereocenters. The van der Waals surface area contributed by atoms with Gasteiger partial charge in [0.05, 0.1) is 17.6 Å². The Bertz CT molecular complexity index is 728. The summed E-state index contributed by atoms with van der Waals surface area (Å²) < 4.78 is 0. The molecule has 0 radical (unpaired) electrons. The van der Waals surface area contributed by atoms with E-state index in [1.165, 1.54) is 0 Å². The van der Waals surface area contributed by atoms with Crippen molar-refractivity contribution < 1.29 is 4.79 Å². The molecule has 0 aromatic carbocycles. The normalized spacial score (nSPS) is 17.5. The van der Waals surface area contributed by atoms with Crippen molar-refractivity contribution in [1.82, 2.24) is 9.88 Å². The summed E-state index contributed by atoms with van der Waals surface area (Å²) in [6.07, 6.45) is 4.86. The van der Waals surface area contributed by atoms with Crippen LogP contribution in [-0.2, 0) is 0 Å². The number of thiophene rings is 1. The molecule has 0 unspecified atom stereocenters. The zero-order valence-electron chi connectivity index (χ0n) is 15.7. The van der Waals surface area contributed by atoms with Gasteiger partial charge in [0.2, 0.25) is 0 Å². The van der Waals surface area contributed by atoms with Gasteiger partial charge in [0.1, 0.15) is 5.82 Å². The van der Waals surface area contributed by atoms with Crippen LogP contribution < -0.4 is 15.5 Å². The topological polar surface area (TPSA) is 60.5 Å². The summed E-state index contributed by atoms with van der Waals surface area (Å²) in [6.45, 7) is 3.57. The number of nitrogens with zero attached hydrogens (tertiary/aromatic N) is 3. The van der Waals surface area contributed by atoms with E-state index in [4.69, 9.17) is 0 Å². The van der Waals surface area contributed by atoms with Crippen molar-refractivity contribution in [2.75, 3.05) is 42.7 Å². The fourth-order valence-corrected chi connectivity index (χ4v) is 3.88. The van der Waals surface area contributed by atoms with E-state index in [9.17, 15) is 4.79 Å². The molecule has 2 N–H and O–H groups in total. The van der Waals surface area contributed by atoms with Gasteiger partial charge in [-0.15, -0.1) is 11.3 Å². The number of rotatable bonds is 4. The number of aromatic nitrogens is 1.